The molecule has 0 aliphatic rings. The highest BCUT2D eigenvalue weighted by molar-refractivity contribution is 6.14. The Balaban J connectivity index is 1.18. The number of nitrogens with zero attached hydrogens (tertiary/aromatic N) is 2. The van der Waals surface area contributed by atoms with Crippen molar-refractivity contribution < 1.29 is 0 Å². The topological polar surface area (TPSA) is 25.8 Å². The van der Waals surface area contributed by atoms with Gasteiger partial charge in [-0.1, -0.05) is 140 Å². The molecule has 9 rings (SSSR count). The van der Waals surface area contributed by atoms with Crippen molar-refractivity contribution in [2.24, 2.45) is 0 Å². The van der Waals surface area contributed by atoms with E-state index in [1.165, 1.54) is 54.7 Å². The Morgan fingerprint density at radius 3 is 1.72 bits per heavy atom. The Morgan fingerprint density at radius 1 is 0.348 bits per heavy atom. The van der Waals surface area contributed by atoms with E-state index in [1.807, 2.05) is 18.3 Å². The maximum Gasteiger partial charge on any atom is 0.0722 e. The third-order valence-corrected chi connectivity index (χ3v) is 9.10. The van der Waals surface area contributed by atoms with E-state index in [1.54, 1.807) is 0 Å². The standard InChI is InChI=1S/C44H28N2/c1-2-11-32(12-3-1)43-27-40(44-37-14-6-4-10-29(37)22-25-42(44)46-43)31-20-18-30(19-21-31)35-23-24-36(39-16-8-7-15-38(35)39)34-26-33-13-5-9-17-41(33)45-28-34/h1-28H. The lowest BCUT2D eigenvalue weighted by atomic mass is 9.90. The van der Waals surface area contributed by atoms with Crippen LogP contribution in [0.3, 0.4) is 0 Å². The van der Waals surface area contributed by atoms with Crippen molar-refractivity contribution in [3.8, 4) is 44.6 Å². The molecule has 9 aromatic rings. The van der Waals surface area contributed by atoms with Crippen molar-refractivity contribution in [1.82, 2.24) is 9.97 Å². The highest BCUT2D eigenvalue weighted by Gasteiger charge is 2.14. The third-order valence-electron chi connectivity index (χ3n) is 9.10. The molecule has 2 aromatic heterocycles. The van der Waals surface area contributed by atoms with E-state index in [-0.39, 0.29) is 0 Å². The van der Waals surface area contributed by atoms with Crippen LogP contribution in [0.4, 0.5) is 0 Å². The number of pyridine rings is 2. The van der Waals surface area contributed by atoms with E-state index < -0.39 is 0 Å². The molecule has 2 nitrogen and oxygen atoms in total. The van der Waals surface area contributed by atoms with Crippen LogP contribution in [0.15, 0.2) is 170 Å². The van der Waals surface area contributed by atoms with E-state index in [9.17, 15) is 0 Å². The molecule has 7 aromatic carbocycles. The summed E-state index contributed by atoms with van der Waals surface area (Å²) < 4.78 is 0. The van der Waals surface area contributed by atoms with E-state index in [0.717, 1.165) is 33.2 Å². The first-order valence-corrected chi connectivity index (χ1v) is 15.7. The van der Waals surface area contributed by atoms with Crippen LogP contribution in [0.25, 0.3) is 88.0 Å². The first-order valence-electron chi connectivity index (χ1n) is 15.7. The zero-order valence-corrected chi connectivity index (χ0v) is 25.1. The third kappa shape index (κ3) is 4.43. The van der Waals surface area contributed by atoms with Crippen LogP contribution in [0.1, 0.15) is 0 Å². The summed E-state index contributed by atoms with van der Waals surface area (Å²) in [5.74, 6) is 0. The van der Waals surface area contributed by atoms with Gasteiger partial charge in [-0.15, -0.1) is 0 Å². The fourth-order valence-corrected chi connectivity index (χ4v) is 6.84. The molecule has 0 saturated heterocycles. The lowest BCUT2D eigenvalue weighted by Crippen LogP contribution is -1.92. The molecule has 2 heteroatoms. The molecule has 0 fully saturated rings. The van der Waals surface area contributed by atoms with E-state index >= 15 is 0 Å². The molecule has 0 atom stereocenters. The van der Waals surface area contributed by atoms with Gasteiger partial charge in [0.2, 0.25) is 0 Å². The van der Waals surface area contributed by atoms with Gasteiger partial charge < -0.3 is 0 Å². The van der Waals surface area contributed by atoms with Gasteiger partial charge in [0, 0.05) is 28.1 Å². The average Bonchev–Trinajstić information content (AvgIpc) is 3.14. The van der Waals surface area contributed by atoms with Gasteiger partial charge in [-0.3, -0.25) is 4.98 Å². The Hall–Kier alpha value is -6.12. The SMILES string of the molecule is c1ccc(-c2cc(-c3ccc(-c4ccc(-c5cnc6ccccc6c5)c5ccccc45)cc3)c3c(ccc4ccccc43)n2)cc1. The maximum absolute atomic E-state index is 5.13. The zero-order valence-electron chi connectivity index (χ0n) is 25.1. The van der Waals surface area contributed by atoms with E-state index in [2.05, 4.69) is 152 Å². The molecule has 0 aliphatic heterocycles. The average molecular weight is 585 g/mol. The number of para-hydroxylation sites is 1. The maximum atomic E-state index is 5.13. The van der Waals surface area contributed by atoms with Gasteiger partial charge in [0.15, 0.2) is 0 Å². The summed E-state index contributed by atoms with van der Waals surface area (Å²) in [5.41, 5.74) is 11.2. The van der Waals surface area contributed by atoms with Crippen LogP contribution >= 0.6 is 0 Å². The predicted molar refractivity (Wildman–Crippen MR) is 194 cm³/mol. The molecular weight excluding hydrogens is 556 g/mol. The summed E-state index contributed by atoms with van der Waals surface area (Å²) in [5, 5.41) is 7.22. The van der Waals surface area contributed by atoms with Crippen molar-refractivity contribution >= 4 is 43.4 Å². The molecule has 0 amide bonds. The second-order valence-electron chi connectivity index (χ2n) is 11.8. The lowest BCUT2D eigenvalue weighted by molar-refractivity contribution is 1.40. The molecular formula is C44H28N2. The van der Waals surface area contributed by atoms with Gasteiger partial charge in [-0.2, -0.15) is 0 Å². The summed E-state index contributed by atoms with van der Waals surface area (Å²) in [6, 6.07) is 58.4. The number of fused-ring (bicyclic) bond motifs is 5. The van der Waals surface area contributed by atoms with Crippen LogP contribution in [0, 0.1) is 0 Å². The first kappa shape index (κ1) is 26.3. The smallest absolute Gasteiger partial charge is 0.0722 e. The molecule has 214 valence electrons. The second-order valence-corrected chi connectivity index (χ2v) is 11.8. The molecule has 2 heterocycles. The summed E-state index contributed by atoms with van der Waals surface area (Å²) in [4.78, 5) is 9.87. The van der Waals surface area contributed by atoms with Crippen molar-refractivity contribution in [2.75, 3.05) is 0 Å². The number of benzene rings is 7. The second kappa shape index (κ2) is 10.8. The van der Waals surface area contributed by atoms with Crippen molar-refractivity contribution in [1.29, 1.82) is 0 Å². The monoisotopic (exact) mass is 584 g/mol. The summed E-state index contributed by atoms with van der Waals surface area (Å²) >= 11 is 0. The Bertz CT molecular complexity index is 2570. The van der Waals surface area contributed by atoms with Crippen molar-refractivity contribution in [2.45, 2.75) is 0 Å². The minimum absolute atomic E-state index is 0.979. The minimum Gasteiger partial charge on any atom is -0.256 e. The normalized spacial score (nSPS) is 11.5. The number of hydrogen-bond acceptors (Lipinski definition) is 2. The van der Waals surface area contributed by atoms with E-state index in [0.29, 0.717) is 0 Å². The highest BCUT2D eigenvalue weighted by Crippen LogP contribution is 2.39. The fourth-order valence-electron chi connectivity index (χ4n) is 6.84. The largest absolute Gasteiger partial charge is 0.256 e. The molecule has 0 unspecified atom stereocenters. The minimum atomic E-state index is 0.979. The number of aromatic nitrogens is 2. The molecule has 0 radical (unpaired) electrons. The highest BCUT2D eigenvalue weighted by atomic mass is 14.7. The number of hydrogen-bond donors (Lipinski definition) is 0. The lowest BCUT2D eigenvalue weighted by Gasteiger charge is -2.15. The molecule has 0 bridgehead atoms. The quantitative estimate of drug-likeness (QED) is 0.192. The molecule has 0 aliphatic carbocycles. The first-order chi connectivity index (χ1) is 22.8. The molecule has 0 spiro atoms. The van der Waals surface area contributed by atoms with E-state index in [4.69, 9.17) is 9.97 Å². The Kier molecular flexibility index (Phi) is 6.17. The zero-order chi connectivity index (χ0) is 30.5. The predicted octanol–water partition coefficient (Wildman–Crippen LogP) is 11.8. The van der Waals surface area contributed by atoms with Gasteiger partial charge in [0.25, 0.3) is 0 Å². The molecule has 0 saturated carbocycles. The molecule has 0 N–H and O–H groups in total. The fraction of sp³-hybridized carbons (Fsp3) is 0. The van der Waals surface area contributed by atoms with Crippen LogP contribution in [-0.2, 0) is 0 Å². The van der Waals surface area contributed by atoms with Gasteiger partial charge >= 0.3 is 0 Å². The van der Waals surface area contributed by atoms with Crippen molar-refractivity contribution in [3.63, 3.8) is 0 Å². The van der Waals surface area contributed by atoms with Crippen LogP contribution in [-0.4, -0.2) is 9.97 Å². The Morgan fingerprint density at radius 2 is 0.957 bits per heavy atom. The number of rotatable bonds is 4. The van der Waals surface area contributed by atoms with Crippen LogP contribution < -0.4 is 0 Å². The Labute approximate surface area is 267 Å². The van der Waals surface area contributed by atoms with Gasteiger partial charge in [-0.25, -0.2) is 4.98 Å². The summed E-state index contributed by atoms with van der Waals surface area (Å²) in [6.07, 6.45) is 1.99. The summed E-state index contributed by atoms with van der Waals surface area (Å²) in [6.45, 7) is 0. The van der Waals surface area contributed by atoms with Gasteiger partial charge in [0.05, 0.1) is 16.7 Å². The van der Waals surface area contributed by atoms with Gasteiger partial charge in [0.1, 0.15) is 0 Å². The van der Waals surface area contributed by atoms with Gasteiger partial charge in [-0.05, 0) is 73.6 Å². The molecule has 46 heavy (non-hydrogen) atoms. The van der Waals surface area contributed by atoms with Crippen LogP contribution in [0.2, 0.25) is 0 Å². The van der Waals surface area contributed by atoms with Crippen molar-refractivity contribution in [3.05, 3.63) is 170 Å². The van der Waals surface area contributed by atoms with Crippen LogP contribution in [0.5, 0.6) is 0 Å². The summed E-state index contributed by atoms with van der Waals surface area (Å²) in [7, 11) is 0.